The summed E-state index contributed by atoms with van der Waals surface area (Å²) < 4.78 is 49.9. The topological polar surface area (TPSA) is 153 Å². The van der Waals surface area contributed by atoms with Crippen molar-refractivity contribution < 1.29 is 25.5 Å². The molecule has 13 heteroatoms. The molecule has 0 bridgehead atoms. The number of nitrogens with zero attached hydrogens (tertiary/aromatic N) is 3. The van der Waals surface area contributed by atoms with Crippen molar-refractivity contribution in [1.82, 2.24) is 15.0 Å². The molecule has 1 unspecified atom stereocenters. The van der Waals surface area contributed by atoms with Crippen LogP contribution in [0, 0.1) is 6.92 Å². The van der Waals surface area contributed by atoms with Crippen LogP contribution in [0.2, 0.25) is 0 Å². The molecule has 0 radical (unpaired) electrons. The van der Waals surface area contributed by atoms with Crippen LogP contribution in [0.5, 0.6) is 0 Å². The van der Waals surface area contributed by atoms with Gasteiger partial charge in [-0.05, 0) is 43.3 Å². The normalized spacial score (nSPS) is 12.3. The Kier molecular flexibility index (Phi) is 7.02. The summed E-state index contributed by atoms with van der Waals surface area (Å²) in [5.41, 5.74) is 1.44. The zero-order chi connectivity index (χ0) is 21.6. The van der Waals surface area contributed by atoms with Crippen molar-refractivity contribution in [3.8, 4) is 0 Å². The molecular weight excluding hydrogens is 434 g/mol. The maximum atomic E-state index is 11.9. The minimum absolute atomic E-state index is 0.262. The summed E-state index contributed by atoms with van der Waals surface area (Å²) in [5, 5.41) is 6.11. The zero-order valence-corrected chi connectivity index (χ0v) is 17.2. The van der Waals surface area contributed by atoms with Gasteiger partial charge in [-0.25, -0.2) is 8.39 Å². The second kappa shape index (κ2) is 9.69. The molecule has 0 saturated heterocycles. The van der Waals surface area contributed by atoms with Gasteiger partial charge in [0, 0.05) is 11.4 Å². The molecule has 1 atom stereocenters. The molecule has 0 spiro atoms. The van der Waals surface area contributed by atoms with E-state index in [9.17, 15) is 12.6 Å². The minimum atomic E-state index is -4.66. The van der Waals surface area contributed by atoms with Crippen molar-refractivity contribution in [1.29, 1.82) is 0 Å². The number of rotatable bonds is 9. The van der Waals surface area contributed by atoms with Crippen LogP contribution in [-0.4, -0.2) is 38.9 Å². The van der Waals surface area contributed by atoms with E-state index in [1.807, 2.05) is 30.3 Å². The highest BCUT2D eigenvalue weighted by Gasteiger charge is 2.10. The van der Waals surface area contributed by atoms with Gasteiger partial charge in [-0.1, -0.05) is 18.2 Å². The van der Waals surface area contributed by atoms with Gasteiger partial charge in [0.2, 0.25) is 11.9 Å². The second-order valence-electron chi connectivity index (χ2n) is 5.69. The number of hydrogen-bond donors (Lipinski definition) is 3. The van der Waals surface area contributed by atoms with Gasteiger partial charge in [0.1, 0.15) is 5.82 Å². The molecule has 158 valence electrons. The standard InChI is InChI=1S/C17H17N5O6S2/c1-12-18-16(20-13-5-3-2-4-6-13)22-17(19-12)21-14-7-9-15(10-8-14)29(23)27-11-28-30(24,25)26/h2-10H,11H2,1H3,(H,24,25,26)(H2,18,19,20,21,22). The first kappa shape index (κ1) is 21.7. The van der Waals surface area contributed by atoms with E-state index in [1.165, 1.54) is 12.1 Å². The maximum Gasteiger partial charge on any atom is 0.399 e. The lowest BCUT2D eigenvalue weighted by atomic mass is 10.3. The lowest BCUT2D eigenvalue weighted by molar-refractivity contribution is 0.125. The first-order chi connectivity index (χ1) is 14.3. The fraction of sp³-hybridized carbons (Fsp3) is 0.118. The number of aromatic nitrogens is 3. The average Bonchev–Trinajstić information content (AvgIpc) is 2.68. The number of hydrogen-bond acceptors (Lipinski definition) is 10. The summed E-state index contributed by atoms with van der Waals surface area (Å²) in [5.74, 6) is 1.20. The van der Waals surface area contributed by atoms with Gasteiger partial charge >= 0.3 is 10.4 Å². The first-order valence-corrected chi connectivity index (χ1v) is 10.8. The average molecular weight is 451 g/mol. The fourth-order valence-electron chi connectivity index (χ4n) is 2.21. The molecule has 3 rings (SSSR count). The van der Waals surface area contributed by atoms with E-state index in [2.05, 4.69) is 29.8 Å². The Labute approximate surface area is 175 Å². The SMILES string of the molecule is Cc1nc(Nc2ccccc2)nc(Nc2ccc(S(=O)OCOS(=O)(=O)O)cc2)n1. The number of nitrogens with one attached hydrogen (secondary N) is 2. The van der Waals surface area contributed by atoms with Crippen LogP contribution in [0.3, 0.4) is 0 Å². The van der Waals surface area contributed by atoms with E-state index in [-0.39, 0.29) is 4.90 Å². The van der Waals surface area contributed by atoms with E-state index in [0.717, 1.165) is 5.69 Å². The van der Waals surface area contributed by atoms with Gasteiger partial charge < -0.3 is 10.6 Å². The maximum absolute atomic E-state index is 11.9. The Morgan fingerprint density at radius 3 is 2.07 bits per heavy atom. The first-order valence-electron chi connectivity index (χ1n) is 8.37. The molecule has 1 heterocycles. The van der Waals surface area contributed by atoms with Crippen molar-refractivity contribution >= 4 is 44.8 Å². The van der Waals surface area contributed by atoms with Crippen molar-refractivity contribution in [2.24, 2.45) is 0 Å². The molecule has 3 aromatic rings. The summed E-state index contributed by atoms with van der Waals surface area (Å²) in [4.78, 5) is 13.1. The van der Waals surface area contributed by atoms with E-state index in [1.54, 1.807) is 19.1 Å². The second-order valence-corrected chi connectivity index (χ2v) is 7.95. The Morgan fingerprint density at radius 1 is 0.933 bits per heavy atom. The quantitative estimate of drug-likeness (QED) is 0.325. The molecule has 2 aromatic carbocycles. The Hall–Kier alpha value is -2.97. The lowest BCUT2D eigenvalue weighted by Crippen LogP contribution is -2.09. The van der Waals surface area contributed by atoms with E-state index in [4.69, 9.17) is 8.74 Å². The molecule has 0 saturated carbocycles. The van der Waals surface area contributed by atoms with Crippen LogP contribution in [0.4, 0.5) is 23.3 Å². The highest BCUT2D eigenvalue weighted by Crippen LogP contribution is 2.19. The summed E-state index contributed by atoms with van der Waals surface area (Å²) in [6, 6.07) is 15.7. The molecule has 1 aromatic heterocycles. The van der Waals surface area contributed by atoms with Crippen LogP contribution in [0.25, 0.3) is 0 Å². The van der Waals surface area contributed by atoms with Gasteiger partial charge in [-0.15, -0.1) is 0 Å². The fourth-order valence-corrected chi connectivity index (χ4v) is 3.08. The third-order valence-electron chi connectivity index (χ3n) is 3.43. The highest BCUT2D eigenvalue weighted by atomic mass is 32.3. The van der Waals surface area contributed by atoms with Crippen LogP contribution in [-0.2, 0) is 29.8 Å². The number of aryl methyl sites for hydroxylation is 1. The molecule has 0 fully saturated rings. The van der Waals surface area contributed by atoms with Gasteiger partial charge in [-0.3, -0.25) is 8.74 Å². The molecule has 0 aliphatic rings. The van der Waals surface area contributed by atoms with E-state index in [0.29, 0.717) is 23.4 Å². The Morgan fingerprint density at radius 2 is 1.50 bits per heavy atom. The molecular formula is C17H17N5O6S2. The van der Waals surface area contributed by atoms with E-state index < -0.39 is 28.3 Å². The van der Waals surface area contributed by atoms with Crippen LogP contribution in [0.1, 0.15) is 5.82 Å². The van der Waals surface area contributed by atoms with Crippen molar-refractivity contribution in [3.05, 3.63) is 60.4 Å². The number of para-hydroxylation sites is 1. The Bertz CT molecular complexity index is 1130. The number of benzene rings is 2. The smallest absolute Gasteiger partial charge is 0.324 e. The summed E-state index contributed by atoms with van der Waals surface area (Å²) in [7, 11) is -4.66. The summed E-state index contributed by atoms with van der Waals surface area (Å²) in [6.45, 7) is 0.855. The van der Waals surface area contributed by atoms with Crippen LogP contribution in [0.15, 0.2) is 59.5 Å². The van der Waals surface area contributed by atoms with Gasteiger partial charge in [0.25, 0.3) is 0 Å². The molecule has 0 aliphatic heterocycles. The molecule has 0 aliphatic carbocycles. The van der Waals surface area contributed by atoms with Gasteiger partial charge in [0.05, 0.1) is 4.90 Å². The highest BCUT2D eigenvalue weighted by molar-refractivity contribution is 7.81. The summed E-state index contributed by atoms with van der Waals surface area (Å²) in [6.07, 6.45) is 0. The van der Waals surface area contributed by atoms with Gasteiger partial charge in [0.15, 0.2) is 17.9 Å². The van der Waals surface area contributed by atoms with Crippen molar-refractivity contribution in [2.75, 3.05) is 17.4 Å². The molecule has 0 amide bonds. The zero-order valence-electron chi connectivity index (χ0n) is 15.5. The molecule has 3 N–H and O–H groups in total. The molecule has 11 nitrogen and oxygen atoms in total. The Balaban J connectivity index is 1.64. The lowest BCUT2D eigenvalue weighted by Gasteiger charge is -2.09. The van der Waals surface area contributed by atoms with Crippen molar-refractivity contribution in [3.63, 3.8) is 0 Å². The molecule has 30 heavy (non-hydrogen) atoms. The van der Waals surface area contributed by atoms with Crippen molar-refractivity contribution in [2.45, 2.75) is 11.8 Å². The number of anilines is 4. The minimum Gasteiger partial charge on any atom is -0.324 e. The van der Waals surface area contributed by atoms with Crippen LogP contribution < -0.4 is 10.6 Å². The third kappa shape index (κ3) is 6.82. The van der Waals surface area contributed by atoms with E-state index >= 15 is 0 Å². The summed E-state index contributed by atoms with van der Waals surface area (Å²) >= 11 is -1.98. The predicted molar refractivity (Wildman–Crippen MR) is 109 cm³/mol. The predicted octanol–water partition coefficient (Wildman–Crippen LogP) is 2.48. The monoisotopic (exact) mass is 451 g/mol. The largest absolute Gasteiger partial charge is 0.399 e. The van der Waals surface area contributed by atoms with Gasteiger partial charge in [-0.2, -0.15) is 23.4 Å². The van der Waals surface area contributed by atoms with Crippen LogP contribution >= 0.6 is 0 Å². The third-order valence-corrected chi connectivity index (χ3v) is 4.79.